The first kappa shape index (κ1) is 44.3. The number of aromatic nitrogens is 1. The van der Waals surface area contributed by atoms with Crippen LogP contribution in [-0.2, 0) is 55.6 Å². The predicted octanol–water partition coefficient (Wildman–Crippen LogP) is 5.74. The number of hydrogen-bond donors (Lipinski definition) is 0. The van der Waals surface area contributed by atoms with Gasteiger partial charge in [0, 0.05) is 5.02 Å². The summed E-state index contributed by atoms with van der Waals surface area (Å²) < 4.78 is 0. The summed E-state index contributed by atoms with van der Waals surface area (Å²) in [6, 6.07) is 13.4. The Bertz CT molecular complexity index is 1270. The molecule has 1 aromatic heterocycles. The van der Waals surface area contributed by atoms with E-state index in [1.165, 1.54) is 33.4 Å². The van der Waals surface area contributed by atoms with Gasteiger partial charge in [-0.15, -0.1) is 0 Å². The van der Waals surface area contributed by atoms with Gasteiger partial charge in [-0.3, -0.25) is 9.98 Å². The molecular weight excluding hydrogens is 673 g/mol. The molecule has 0 N–H and O–H groups in total. The largest absolute Gasteiger partial charge is 2.00 e. The zero-order valence-electron chi connectivity index (χ0n) is 29.3. The first-order valence-corrected chi connectivity index (χ1v) is 17.2. The van der Waals surface area contributed by atoms with E-state index in [2.05, 4.69) is 79.7 Å². The van der Waals surface area contributed by atoms with Crippen LogP contribution >= 0.6 is 11.6 Å². The monoisotopic (exact) mass is 725 g/mol. The molecule has 254 valence electrons. The summed E-state index contributed by atoms with van der Waals surface area (Å²) in [5.74, 6) is 0. The maximum absolute atomic E-state index is 6.73. The van der Waals surface area contributed by atoms with Gasteiger partial charge in [-0.2, -0.15) is 0 Å². The fourth-order valence-corrected chi connectivity index (χ4v) is 6.18. The van der Waals surface area contributed by atoms with Gasteiger partial charge in [0.2, 0.25) is 0 Å². The number of benzene rings is 2. The summed E-state index contributed by atoms with van der Waals surface area (Å²) in [4.78, 5) is 15.6. The maximum Gasteiger partial charge on any atom is 2.00 e. The molecule has 3 rings (SSSR count). The molecule has 46 heavy (non-hydrogen) atoms. The van der Waals surface area contributed by atoms with E-state index in [-0.39, 0.29) is 41.9 Å². The smallest absolute Gasteiger partial charge is 1.00 e. The molecule has 3 nitrogen and oxygen atoms in total. The number of rotatable bonds is 16. The molecule has 0 bridgehead atoms. The third-order valence-electron chi connectivity index (χ3n) is 7.90. The molecule has 2 aromatic carbocycles. The molecule has 0 radical (unpaired) electrons. The predicted molar refractivity (Wildman–Crippen MR) is 190 cm³/mol. The van der Waals surface area contributed by atoms with Crippen LogP contribution in [0, 0.1) is 0 Å². The van der Waals surface area contributed by atoms with Crippen molar-refractivity contribution in [1.29, 1.82) is 0 Å². The Hall–Kier alpha value is -1.68. The van der Waals surface area contributed by atoms with Gasteiger partial charge in [-0.1, -0.05) is 116 Å². The van der Waals surface area contributed by atoms with Crippen molar-refractivity contribution in [3.8, 4) is 0 Å². The van der Waals surface area contributed by atoms with Crippen molar-refractivity contribution in [1.82, 2.24) is 4.98 Å². The molecule has 0 spiro atoms. The Balaban J connectivity index is 0.00000675. The fourth-order valence-electron chi connectivity index (χ4n) is 5.98. The summed E-state index contributed by atoms with van der Waals surface area (Å²) in [6.45, 7) is 17.6. The summed E-state index contributed by atoms with van der Waals surface area (Å²) in [7, 11) is 0. The minimum atomic E-state index is 0. The summed E-state index contributed by atoms with van der Waals surface area (Å²) in [5.41, 5.74) is 13.8. The molecule has 0 atom stereocenters. The Morgan fingerprint density at radius 1 is 0.522 bits per heavy atom. The van der Waals surface area contributed by atoms with Crippen molar-refractivity contribution in [2.24, 2.45) is 9.98 Å². The molecular formula is C39H54Cl3FeN3. The van der Waals surface area contributed by atoms with Crippen molar-refractivity contribution in [3.05, 3.63) is 86.2 Å². The standard InChI is InChI=1S/C39H54ClN3.2ClH.Fe/c1-9-15-29-21-31(17-11-3)38(32(22-29)18-12-4)41-27(7)36-25-35(40)26-37(43-36)28(8)42-39-33(19-13-5)23-30(16-10-2)24-34(39)20-14-6;;;/h21-26H,9-20H2,1-8H3;2*1H;/q;;;+2/p-2. The van der Waals surface area contributed by atoms with Crippen LogP contribution < -0.4 is 24.8 Å². The summed E-state index contributed by atoms with van der Waals surface area (Å²) in [6.07, 6.45) is 13.0. The van der Waals surface area contributed by atoms with E-state index in [4.69, 9.17) is 26.6 Å². The Labute approximate surface area is 308 Å². The second-order valence-electron chi connectivity index (χ2n) is 12.0. The maximum atomic E-state index is 6.73. The van der Waals surface area contributed by atoms with Gasteiger partial charge < -0.3 is 24.8 Å². The SMILES string of the molecule is CCCc1cc(CCC)c(N=C(C)c2cc(Cl)cc(C(C)=Nc3c(CCC)cc(CCC)cc3CCC)n2)c(CCC)c1.[Cl-].[Cl-].[Fe+2]. The molecule has 0 aliphatic rings. The van der Waals surface area contributed by atoms with Gasteiger partial charge in [0.1, 0.15) is 0 Å². The molecule has 0 unspecified atom stereocenters. The van der Waals surface area contributed by atoms with Gasteiger partial charge >= 0.3 is 17.1 Å². The van der Waals surface area contributed by atoms with Crippen molar-refractivity contribution in [2.45, 2.75) is 132 Å². The Kier molecular flexibility index (Phi) is 22.0. The molecule has 0 aliphatic carbocycles. The number of nitrogens with zero attached hydrogens (tertiary/aromatic N) is 3. The molecule has 3 aromatic rings. The minimum absolute atomic E-state index is 0. The summed E-state index contributed by atoms with van der Waals surface area (Å²) in [5, 5.41) is 0.658. The second kappa shape index (κ2) is 22.8. The van der Waals surface area contributed by atoms with Gasteiger partial charge in [0.25, 0.3) is 0 Å². The second-order valence-corrected chi connectivity index (χ2v) is 12.4. The van der Waals surface area contributed by atoms with Crippen molar-refractivity contribution in [2.75, 3.05) is 0 Å². The van der Waals surface area contributed by atoms with E-state index in [1.807, 2.05) is 12.1 Å². The van der Waals surface area contributed by atoms with Crippen LogP contribution in [0.2, 0.25) is 5.02 Å². The molecule has 0 saturated carbocycles. The average Bonchev–Trinajstić information content (AvgIpc) is 2.97. The van der Waals surface area contributed by atoms with E-state index in [1.54, 1.807) is 0 Å². The third kappa shape index (κ3) is 12.4. The van der Waals surface area contributed by atoms with E-state index < -0.39 is 0 Å². The molecule has 0 fully saturated rings. The van der Waals surface area contributed by atoms with Crippen LogP contribution in [-0.4, -0.2) is 16.4 Å². The van der Waals surface area contributed by atoms with Crippen LogP contribution in [0.15, 0.2) is 46.4 Å². The van der Waals surface area contributed by atoms with Crippen molar-refractivity contribution < 1.29 is 41.9 Å². The van der Waals surface area contributed by atoms with Crippen LogP contribution in [0.25, 0.3) is 0 Å². The number of hydrogen-bond acceptors (Lipinski definition) is 3. The van der Waals surface area contributed by atoms with E-state index in [0.717, 1.165) is 111 Å². The number of aliphatic imine (C=N–C) groups is 2. The molecule has 1 heterocycles. The first-order chi connectivity index (χ1) is 20.8. The van der Waals surface area contributed by atoms with E-state index >= 15 is 0 Å². The van der Waals surface area contributed by atoms with E-state index in [0.29, 0.717) is 5.02 Å². The summed E-state index contributed by atoms with van der Waals surface area (Å²) >= 11 is 6.73. The first-order valence-electron chi connectivity index (χ1n) is 16.9. The average molecular weight is 727 g/mol. The zero-order valence-corrected chi connectivity index (χ0v) is 32.7. The Morgan fingerprint density at radius 2 is 0.804 bits per heavy atom. The molecule has 7 heteroatoms. The van der Waals surface area contributed by atoms with Crippen LogP contribution in [0.1, 0.15) is 139 Å². The van der Waals surface area contributed by atoms with Crippen LogP contribution in [0.4, 0.5) is 11.4 Å². The Morgan fingerprint density at radius 3 is 1.07 bits per heavy atom. The van der Waals surface area contributed by atoms with Gasteiger partial charge in [0.05, 0.1) is 34.2 Å². The molecule has 0 saturated heterocycles. The fraction of sp³-hybridized carbons (Fsp3) is 0.513. The molecule has 0 aliphatic heterocycles. The van der Waals surface area contributed by atoms with Crippen molar-refractivity contribution in [3.63, 3.8) is 0 Å². The number of halogens is 3. The van der Waals surface area contributed by atoms with Gasteiger partial charge in [-0.25, -0.2) is 4.98 Å². The molecule has 0 amide bonds. The normalized spacial score (nSPS) is 11.5. The van der Waals surface area contributed by atoms with Crippen LogP contribution in [0.5, 0.6) is 0 Å². The quantitative estimate of drug-likeness (QED) is 0.137. The zero-order chi connectivity index (χ0) is 31.4. The van der Waals surface area contributed by atoms with Crippen LogP contribution in [0.3, 0.4) is 0 Å². The third-order valence-corrected chi connectivity index (χ3v) is 8.12. The van der Waals surface area contributed by atoms with E-state index in [9.17, 15) is 0 Å². The van der Waals surface area contributed by atoms with Gasteiger partial charge in [0.15, 0.2) is 0 Å². The van der Waals surface area contributed by atoms with Crippen molar-refractivity contribution >= 4 is 34.4 Å². The number of pyridine rings is 1. The topological polar surface area (TPSA) is 37.6 Å². The number of aryl methyl sites for hydroxylation is 6. The van der Waals surface area contributed by atoms with Gasteiger partial charge in [-0.05, 0) is 97.9 Å². The minimum Gasteiger partial charge on any atom is -1.00 e.